The van der Waals surface area contributed by atoms with Crippen molar-refractivity contribution in [3.8, 4) is 0 Å². The Morgan fingerprint density at radius 1 is 1.30 bits per heavy atom. The zero-order valence-electron chi connectivity index (χ0n) is 15.0. The highest BCUT2D eigenvalue weighted by atomic mass is 19.1. The Morgan fingerprint density at radius 3 is 2.93 bits per heavy atom. The van der Waals surface area contributed by atoms with Crippen molar-refractivity contribution in [2.75, 3.05) is 13.2 Å². The van der Waals surface area contributed by atoms with Gasteiger partial charge in [0.05, 0.1) is 25.3 Å². The molecule has 27 heavy (non-hydrogen) atoms. The molecule has 2 aromatic rings. The summed E-state index contributed by atoms with van der Waals surface area (Å²) in [5.74, 6) is -0.428. The molecule has 4 rings (SSSR count). The first-order valence-corrected chi connectivity index (χ1v) is 9.23. The lowest BCUT2D eigenvalue weighted by molar-refractivity contribution is -0.134. The van der Waals surface area contributed by atoms with E-state index in [2.05, 4.69) is 9.97 Å². The summed E-state index contributed by atoms with van der Waals surface area (Å²) in [6.45, 7) is 1.65. The molecule has 4 heterocycles. The third-order valence-corrected chi connectivity index (χ3v) is 5.13. The van der Waals surface area contributed by atoms with E-state index in [1.54, 1.807) is 18.5 Å². The summed E-state index contributed by atoms with van der Waals surface area (Å²) in [6.07, 6.45) is 6.33. The number of carbonyl (C=O) groups is 1. The molecule has 0 saturated carbocycles. The number of pyridine rings is 2. The fourth-order valence-electron chi connectivity index (χ4n) is 3.79. The molecule has 0 spiro atoms. The van der Waals surface area contributed by atoms with Crippen molar-refractivity contribution in [1.29, 1.82) is 0 Å². The molecule has 0 aromatic carbocycles. The van der Waals surface area contributed by atoms with E-state index in [9.17, 15) is 9.18 Å². The Labute approximate surface area is 157 Å². The van der Waals surface area contributed by atoms with Crippen molar-refractivity contribution in [3.05, 3.63) is 59.9 Å². The molecule has 142 valence electrons. The van der Waals surface area contributed by atoms with Gasteiger partial charge in [-0.1, -0.05) is 0 Å². The summed E-state index contributed by atoms with van der Waals surface area (Å²) < 4.78 is 25.1. The maximum Gasteiger partial charge on any atom is 0.229 e. The summed E-state index contributed by atoms with van der Waals surface area (Å²) in [5, 5.41) is 0. The topological polar surface area (TPSA) is 64.6 Å². The van der Waals surface area contributed by atoms with Gasteiger partial charge in [-0.05, 0) is 42.7 Å². The minimum absolute atomic E-state index is 0.0224. The van der Waals surface area contributed by atoms with Crippen LogP contribution in [-0.4, -0.2) is 52.2 Å². The SMILES string of the molecule is O=C(Cc1ccc(F)cn1)N1C[C@H](OCc2ccncc2)[C@H]2OCCC[C@H]21. The van der Waals surface area contributed by atoms with E-state index in [1.165, 1.54) is 6.07 Å². The lowest BCUT2D eigenvalue weighted by Gasteiger charge is -2.32. The molecule has 0 N–H and O–H groups in total. The number of carbonyl (C=O) groups excluding carboxylic acids is 1. The highest BCUT2D eigenvalue weighted by Gasteiger charge is 2.46. The zero-order chi connectivity index (χ0) is 18.6. The third kappa shape index (κ3) is 4.14. The molecule has 6 nitrogen and oxygen atoms in total. The second-order valence-corrected chi connectivity index (χ2v) is 6.94. The minimum Gasteiger partial charge on any atom is -0.373 e. The molecule has 2 fully saturated rings. The fourth-order valence-corrected chi connectivity index (χ4v) is 3.79. The summed E-state index contributed by atoms with van der Waals surface area (Å²) in [4.78, 5) is 22.7. The van der Waals surface area contributed by atoms with Gasteiger partial charge < -0.3 is 14.4 Å². The normalized spacial score (nSPS) is 24.6. The average molecular weight is 371 g/mol. The lowest BCUT2D eigenvalue weighted by Crippen LogP contribution is -2.44. The van der Waals surface area contributed by atoms with Gasteiger partial charge in [0, 0.05) is 31.2 Å². The minimum atomic E-state index is -0.405. The van der Waals surface area contributed by atoms with Crippen LogP contribution in [0, 0.1) is 5.82 Å². The lowest BCUT2D eigenvalue weighted by atomic mass is 10.0. The Balaban J connectivity index is 1.42. The van der Waals surface area contributed by atoms with E-state index in [-0.39, 0.29) is 30.6 Å². The quantitative estimate of drug-likeness (QED) is 0.806. The third-order valence-electron chi connectivity index (χ3n) is 5.13. The summed E-state index contributed by atoms with van der Waals surface area (Å²) >= 11 is 0. The number of halogens is 1. The van der Waals surface area contributed by atoms with E-state index in [0.29, 0.717) is 25.5 Å². The predicted molar refractivity (Wildman–Crippen MR) is 95.2 cm³/mol. The molecule has 2 aromatic heterocycles. The van der Waals surface area contributed by atoms with Crippen LogP contribution < -0.4 is 0 Å². The van der Waals surface area contributed by atoms with Crippen LogP contribution in [0.1, 0.15) is 24.1 Å². The molecule has 3 atom stereocenters. The molecule has 0 aliphatic carbocycles. The number of nitrogens with zero attached hydrogens (tertiary/aromatic N) is 3. The smallest absolute Gasteiger partial charge is 0.229 e. The van der Waals surface area contributed by atoms with E-state index < -0.39 is 5.82 Å². The molecular formula is C20H22FN3O3. The number of rotatable bonds is 5. The Hall–Kier alpha value is -2.38. The summed E-state index contributed by atoms with van der Waals surface area (Å²) in [6, 6.07) is 6.73. The number of ether oxygens (including phenoxy) is 2. The van der Waals surface area contributed by atoms with Crippen LogP contribution in [0.3, 0.4) is 0 Å². The number of amides is 1. The van der Waals surface area contributed by atoms with Crippen molar-refractivity contribution >= 4 is 5.91 Å². The maximum absolute atomic E-state index is 13.0. The van der Waals surface area contributed by atoms with Crippen LogP contribution in [0.25, 0.3) is 0 Å². The van der Waals surface area contributed by atoms with Crippen molar-refractivity contribution in [2.45, 2.75) is 44.1 Å². The first-order valence-electron chi connectivity index (χ1n) is 9.23. The van der Waals surface area contributed by atoms with Crippen LogP contribution in [0.5, 0.6) is 0 Å². The molecule has 0 radical (unpaired) electrons. The van der Waals surface area contributed by atoms with Gasteiger partial charge in [0.15, 0.2) is 0 Å². The van der Waals surface area contributed by atoms with Gasteiger partial charge >= 0.3 is 0 Å². The van der Waals surface area contributed by atoms with E-state index >= 15 is 0 Å². The Kier molecular flexibility index (Phi) is 5.40. The zero-order valence-corrected chi connectivity index (χ0v) is 15.0. The van der Waals surface area contributed by atoms with Crippen molar-refractivity contribution in [3.63, 3.8) is 0 Å². The van der Waals surface area contributed by atoms with Crippen LogP contribution in [0.2, 0.25) is 0 Å². The van der Waals surface area contributed by atoms with E-state index in [1.807, 2.05) is 17.0 Å². The number of fused-ring (bicyclic) bond motifs is 1. The molecule has 2 aliphatic rings. The van der Waals surface area contributed by atoms with Gasteiger partial charge in [-0.25, -0.2) is 4.39 Å². The van der Waals surface area contributed by atoms with Crippen LogP contribution in [0.4, 0.5) is 4.39 Å². The second-order valence-electron chi connectivity index (χ2n) is 6.94. The second kappa shape index (κ2) is 8.10. The number of likely N-dealkylation sites (tertiary alicyclic amines) is 1. The van der Waals surface area contributed by atoms with Gasteiger partial charge in [-0.2, -0.15) is 0 Å². The monoisotopic (exact) mass is 371 g/mol. The average Bonchev–Trinajstić information content (AvgIpc) is 3.08. The van der Waals surface area contributed by atoms with Crippen LogP contribution >= 0.6 is 0 Å². The molecule has 1 amide bonds. The highest BCUT2D eigenvalue weighted by molar-refractivity contribution is 5.79. The predicted octanol–water partition coefficient (Wildman–Crippen LogP) is 2.13. The number of aromatic nitrogens is 2. The number of hydrogen-bond acceptors (Lipinski definition) is 5. The molecule has 2 saturated heterocycles. The molecule has 7 heteroatoms. The highest BCUT2D eigenvalue weighted by Crippen LogP contribution is 2.31. The van der Waals surface area contributed by atoms with Gasteiger partial charge in [0.1, 0.15) is 18.0 Å². The molecular weight excluding hydrogens is 349 g/mol. The maximum atomic E-state index is 13.0. The molecule has 0 bridgehead atoms. The fraction of sp³-hybridized carbons (Fsp3) is 0.450. The molecule has 2 aliphatic heterocycles. The van der Waals surface area contributed by atoms with E-state index in [0.717, 1.165) is 24.6 Å². The summed E-state index contributed by atoms with van der Waals surface area (Å²) in [5.41, 5.74) is 1.61. The standard InChI is InChI=1S/C20H22FN3O3/c21-15-3-4-16(23-11-15)10-19(25)24-12-18(20-17(24)2-1-9-26-20)27-13-14-5-7-22-8-6-14/h3-8,11,17-18,20H,1-2,9-10,12-13H2/t17-,18+,20+/m1/s1. The number of hydrogen-bond donors (Lipinski definition) is 0. The van der Waals surface area contributed by atoms with Crippen LogP contribution in [0.15, 0.2) is 42.9 Å². The van der Waals surface area contributed by atoms with Crippen LogP contribution in [-0.2, 0) is 27.3 Å². The van der Waals surface area contributed by atoms with Gasteiger partial charge in [0.25, 0.3) is 0 Å². The van der Waals surface area contributed by atoms with Crippen molar-refractivity contribution in [1.82, 2.24) is 14.9 Å². The van der Waals surface area contributed by atoms with Gasteiger partial charge in [-0.15, -0.1) is 0 Å². The first kappa shape index (κ1) is 18.0. The Morgan fingerprint density at radius 2 is 2.15 bits per heavy atom. The Bertz CT molecular complexity index is 772. The van der Waals surface area contributed by atoms with Crippen molar-refractivity contribution < 1.29 is 18.7 Å². The van der Waals surface area contributed by atoms with Gasteiger partial charge in [0.2, 0.25) is 5.91 Å². The van der Waals surface area contributed by atoms with E-state index in [4.69, 9.17) is 9.47 Å². The summed E-state index contributed by atoms with van der Waals surface area (Å²) in [7, 11) is 0. The van der Waals surface area contributed by atoms with Gasteiger partial charge in [-0.3, -0.25) is 14.8 Å². The first-order chi connectivity index (χ1) is 13.2. The van der Waals surface area contributed by atoms with Crippen molar-refractivity contribution in [2.24, 2.45) is 0 Å². The molecule has 0 unspecified atom stereocenters. The largest absolute Gasteiger partial charge is 0.373 e.